The summed E-state index contributed by atoms with van der Waals surface area (Å²) in [5, 5.41) is 3.80. The Bertz CT molecular complexity index is 1070. The number of aromatic nitrogens is 2. The van der Waals surface area contributed by atoms with Gasteiger partial charge in [-0.3, -0.25) is 4.79 Å². The van der Waals surface area contributed by atoms with Gasteiger partial charge in [-0.05, 0) is 47.9 Å². The number of carbonyl (C=O) groups excluding carboxylic acids is 1. The molecule has 1 aromatic heterocycles. The maximum Gasteiger partial charge on any atom is 0.251 e. The molecule has 1 aliphatic rings. The largest absolute Gasteiger partial charge is 0.355 e. The molecule has 5 nitrogen and oxygen atoms in total. The monoisotopic (exact) mass is 460 g/mol. The number of carbonyl (C=O) groups is 1. The fourth-order valence-corrected chi connectivity index (χ4v) is 4.30. The van der Waals surface area contributed by atoms with Crippen molar-refractivity contribution in [2.24, 2.45) is 5.92 Å². The number of anilines is 1. The van der Waals surface area contributed by atoms with Gasteiger partial charge in [0.1, 0.15) is 5.82 Å². The molecule has 1 aliphatic carbocycles. The lowest BCUT2D eigenvalue weighted by atomic mass is 10.1. The summed E-state index contributed by atoms with van der Waals surface area (Å²) >= 11 is 1.63. The highest BCUT2D eigenvalue weighted by molar-refractivity contribution is 7.98. The van der Waals surface area contributed by atoms with Gasteiger partial charge in [0, 0.05) is 43.2 Å². The molecule has 0 saturated heterocycles. The first kappa shape index (κ1) is 23.3. The van der Waals surface area contributed by atoms with Crippen LogP contribution in [0.1, 0.15) is 59.8 Å². The third kappa shape index (κ3) is 6.81. The first-order valence-corrected chi connectivity index (χ1v) is 12.6. The summed E-state index contributed by atoms with van der Waals surface area (Å²) in [6.07, 6.45) is 2.47. The van der Waals surface area contributed by atoms with Gasteiger partial charge in [-0.15, -0.1) is 0 Å². The van der Waals surface area contributed by atoms with Crippen LogP contribution in [0.4, 0.5) is 5.82 Å². The van der Waals surface area contributed by atoms with Gasteiger partial charge in [0.25, 0.3) is 5.91 Å². The van der Waals surface area contributed by atoms with E-state index in [1.165, 1.54) is 18.4 Å². The average Bonchev–Trinajstić information content (AvgIpc) is 3.66. The first-order valence-electron chi connectivity index (χ1n) is 11.6. The Morgan fingerprint density at radius 1 is 1.06 bits per heavy atom. The molecule has 0 aliphatic heterocycles. The van der Waals surface area contributed by atoms with E-state index in [0.29, 0.717) is 17.4 Å². The molecule has 172 valence electrons. The Hall–Kier alpha value is -2.86. The minimum atomic E-state index is 0.0140. The first-order chi connectivity index (χ1) is 16.0. The summed E-state index contributed by atoms with van der Waals surface area (Å²) in [4.78, 5) is 24.1. The molecule has 0 bridgehead atoms. The fourth-order valence-electron chi connectivity index (χ4n) is 3.49. The molecular weight excluding hydrogens is 428 g/mol. The van der Waals surface area contributed by atoms with Crippen LogP contribution in [0.2, 0.25) is 0 Å². The van der Waals surface area contributed by atoms with Gasteiger partial charge >= 0.3 is 0 Å². The lowest BCUT2D eigenvalue weighted by molar-refractivity contribution is 0.0952. The van der Waals surface area contributed by atoms with E-state index in [4.69, 9.17) is 9.97 Å². The Morgan fingerprint density at radius 3 is 2.45 bits per heavy atom. The molecule has 2 aromatic carbocycles. The normalized spacial score (nSPS) is 13.2. The van der Waals surface area contributed by atoms with Crippen molar-refractivity contribution in [3.63, 3.8) is 0 Å². The fraction of sp³-hybridized carbons (Fsp3) is 0.370. The number of hydrogen-bond donors (Lipinski definition) is 1. The molecule has 1 fully saturated rings. The molecule has 1 N–H and O–H groups in total. The van der Waals surface area contributed by atoms with E-state index in [9.17, 15) is 4.79 Å². The van der Waals surface area contributed by atoms with Crippen molar-refractivity contribution in [1.29, 1.82) is 0 Å². The second-order valence-corrected chi connectivity index (χ2v) is 10.0. The molecule has 33 heavy (non-hydrogen) atoms. The zero-order valence-electron chi connectivity index (χ0n) is 19.6. The minimum Gasteiger partial charge on any atom is -0.355 e. The van der Waals surface area contributed by atoms with E-state index in [2.05, 4.69) is 61.4 Å². The summed E-state index contributed by atoms with van der Waals surface area (Å²) in [7, 11) is 2.07. The van der Waals surface area contributed by atoms with Gasteiger partial charge in [-0.1, -0.05) is 68.1 Å². The zero-order valence-corrected chi connectivity index (χ0v) is 20.4. The highest BCUT2D eigenvalue weighted by Gasteiger charge is 2.21. The maximum absolute atomic E-state index is 12.3. The van der Waals surface area contributed by atoms with Crippen molar-refractivity contribution in [3.05, 3.63) is 83.0 Å². The molecule has 0 radical (unpaired) electrons. The summed E-state index contributed by atoms with van der Waals surface area (Å²) in [6.45, 7) is 5.90. The maximum atomic E-state index is 12.3. The molecular formula is C27H32N4OS. The van der Waals surface area contributed by atoms with Crippen molar-refractivity contribution in [2.75, 3.05) is 18.5 Å². The van der Waals surface area contributed by atoms with Gasteiger partial charge in [-0.2, -0.15) is 0 Å². The molecule has 1 saturated carbocycles. The number of nitrogens with zero attached hydrogens (tertiary/aromatic N) is 3. The quantitative estimate of drug-likeness (QED) is 0.312. The van der Waals surface area contributed by atoms with Crippen LogP contribution >= 0.6 is 11.8 Å². The molecule has 6 heteroatoms. The number of benzene rings is 2. The number of rotatable bonds is 10. The number of hydrogen-bond acceptors (Lipinski definition) is 5. The van der Waals surface area contributed by atoms with Crippen molar-refractivity contribution in [2.45, 2.75) is 50.1 Å². The number of thioether (sulfide) groups is 1. The van der Waals surface area contributed by atoms with Gasteiger partial charge in [-0.25, -0.2) is 9.97 Å². The Kier molecular flexibility index (Phi) is 7.65. The van der Waals surface area contributed by atoms with Crippen molar-refractivity contribution in [1.82, 2.24) is 15.3 Å². The molecule has 0 atom stereocenters. The smallest absolute Gasteiger partial charge is 0.251 e. The standard InChI is InChI=1S/C27H32N4OS/c1-19(2)24-15-25(31(3)17-21-7-5-4-6-8-21)30-27(29-24)33-18-22-11-13-23(14-12-22)26(32)28-16-20-9-10-20/h4-8,11-15,19-20H,9-10,16-18H2,1-3H3,(H,28,32). The predicted octanol–water partition coefficient (Wildman–Crippen LogP) is 5.67. The third-order valence-corrected chi connectivity index (χ3v) is 6.71. The lowest BCUT2D eigenvalue weighted by Gasteiger charge is -2.20. The summed E-state index contributed by atoms with van der Waals surface area (Å²) < 4.78 is 0. The molecule has 4 rings (SSSR count). The Labute approximate surface area is 201 Å². The molecule has 3 aromatic rings. The van der Waals surface area contributed by atoms with Gasteiger partial charge < -0.3 is 10.2 Å². The van der Waals surface area contributed by atoms with Gasteiger partial charge in [0.2, 0.25) is 0 Å². The number of nitrogens with one attached hydrogen (secondary N) is 1. The van der Waals surface area contributed by atoms with Crippen LogP contribution in [0, 0.1) is 5.92 Å². The summed E-state index contributed by atoms with van der Waals surface area (Å²) in [5.41, 5.74) is 4.16. The lowest BCUT2D eigenvalue weighted by Crippen LogP contribution is -2.25. The SMILES string of the molecule is CC(C)c1cc(N(C)Cc2ccccc2)nc(SCc2ccc(C(=O)NCC3CC3)cc2)n1. The van der Waals surface area contributed by atoms with Crippen molar-refractivity contribution >= 4 is 23.5 Å². The second kappa shape index (κ2) is 10.8. The van der Waals surface area contributed by atoms with Crippen molar-refractivity contribution < 1.29 is 4.79 Å². The van der Waals surface area contributed by atoms with Gasteiger partial charge in [0.15, 0.2) is 5.16 Å². The van der Waals surface area contributed by atoms with Crippen LogP contribution < -0.4 is 10.2 Å². The molecule has 1 heterocycles. The predicted molar refractivity (Wildman–Crippen MR) is 136 cm³/mol. The minimum absolute atomic E-state index is 0.0140. The summed E-state index contributed by atoms with van der Waals surface area (Å²) in [6, 6.07) is 20.4. The van der Waals surface area contributed by atoms with Crippen LogP contribution in [0.3, 0.4) is 0 Å². The zero-order chi connectivity index (χ0) is 23.2. The van der Waals surface area contributed by atoms with E-state index in [1.54, 1.807) is 11.8 Å². The van der Waals surface area contributed by atoms with Crippen LogP contribution in [-0.4, -0.2) is 29.5 Å². The van der Waals surface area contributed by atoms with Crippen LogP contribution in [0.25, 0.3) is 0 Å². The topological polar surface area (TPSA) is 58.1 Å². The third-order valence-electron chi connectivity index (χ3n) is 5.79. The van der Waals surface area contributed by atoms with E-state index < -0.39 is 0 Å². The van der Waals surface area contributed by atoms with Gasteiger partial charge in [0.05, 0.1) is 0 Å². The van der Waals surface area contributed by atoms with E-state index >= 15 is 0 Å². The van der Waals surface area contributed by atoms with Crippen LogP contribution in [0.15, 0.2) is 65.8 Å². The molecule has 0 spiro atoms. The summed E-state index contributed by atoms with van der Waals surface area (Å²) in [5.74, 6) is 2.71. The van der Waals surface area contributed by atoms with Crippen molar-refractivity contribution in [3.8, 4) is 0 Å². The van der Waals surface area contributed by atoms with E-state index in [-0.39, 0.29) is 5.91 Å². The Balaban J connectivity index is 1.40. The van der Waals surface area contributed by atoms with E-state index in [1.807, 2.05) is 30.3 Å². The highest BCUT2D eigenvalue weighted by Crippen LogP contribution is 2.28. The molecule has 1 amide bonds. The average molecular weight is 461 g/mol. The number of amides is 1. The van der Waals surface area contributed by atoms with Crippen LogP contribution in [-0.2, 0) is 12.3 Å². The highest BCUT2D eigenvalue weighted by atomic mass is 32.2. The Morgan fingerprint density at radius 2 is 1.79 bits per heavy atom. The van der Waals surface area contributed by atoms with Crippen LogP contribution in [0.5, 0.6) is 0 Å². The second-order valence-electron chi connectivity index (χ2n) is 9.07. The van der Waals surface area contributed by atoms with E-state index in [0.717, 1.165) is 41.1 Å². The molecule has 0 unspecified atom stereocenters.